The Morgan fingerprint density at radius 3 is 2.60 bits per heavy atom. The number of carbonyl (C=O) groups is 2. The number of hydrogen-bond donors (Lipinski definition) is 2. The highest BCUT2D eigenvalue weighted by molar-refractivity contribution is 6.07. The van der Waals surface area contributed by atoms with Crippen LogP contribution in [0.3, 0.4) is 0 Å². The van der Waals surface area contributed by atoms with E-state index in [4.69, 9.17) is 0 Å². The lowest BCUT2D eigenvalue weighted by Gasteiger charge is -2.33. The van der Waals surface area contributed by atoms with Gasteiger partial charge in [0.25, 0.3) is 5.91 Å². The molecule has 2 N–H and O–H groups in total. The minimum absolute atomic E-state index is 0.0431. The number of urea groups is 1. The Morgan fingerprint density at radius 2 is 1.80 bits per heavy atom. The fourth-order valence-corrected chi connectivity index (χ4v) is 3.93. The molecule has 0 saturated carbocycles. The Bertz CT molecular complexity index is 821. The summed E-state index contributed by atoms with van der Waals surface area (Å²) in [6, 6.07) is 16.4. The summed E-state index contributed by atoms with van der Waals surface area (Å²) in [6.07, 6.45) is 1.45. The third kappa shape index (κ3) is 2.51. The summed E-state index contributed by atoms with van der Waals surface area (Å²) < 4.78 is 0. The topological polar surface area (TPSA) is 69.6 Å². The van der Waals surface area contributed by atoms with E-state index in [2.05, 4.69) is 5.32 Å². The number of nitrogens with zero attached hydrogens (tertiary/aromatic N) is 1. The fraction of sp³-hybridized carbons (Fsp3) is 0.300. The molecule has 0 radical (unpaired) electrons. The van der Waals surface area contributed by atoms with Crippen LogP contribution in [0.4, 0.5) is 4.79 Å². The van der Waals surface area contributed by atoms with Crippen LogP contribution in [-0.4, -0.2) is 28.5 Å². The molecule has 2 atom stereocenters. The smallest absolute Gasteiger partial charge is 0.325 e. The zero-order valence-electron chi connectivity index (χ0n) is 13.8. The summed E-state index contributed by atoms with van der Waals surface area (Å²) in [6.45, 7) is -0.0431. The maximum Gasteiger partial charge on any atom is 0.325 e. The lowest BCUT2D eigenvalue weighted by molar-refractivity contribution is -0.133. The Morgan fingerprint density at radius 1 is 1.08 bits per heavy atom. The van der Waals surface area contributed by atoms with Gasteiger partial charge in [-0.05, 0) is 36.0 Å². The van der Waals surface area contributed by atoms with Gasteiger partial charge in [0.05, 0.1) is 12.6 Å². The first-order chi connectivity index (χ1) is 12.1. The van der Waals surface area contributed by atoms with Crippen molar-refractivity contribution in [1.82, 2.24) is 10.2 Å². The summed E-state index contributed by atoms with van der Waals surface area (Å²) in [4.78, 5) is 26.8. The molecule has 2 aromatic carbocycles. The number of imide groups is 1. The molecule has 2 aliphatic rings. The van der Waals surface area contributed by atoms with E-state index in [1.165, 1.54) is 0 Å². The zero-order valence-corrected chi connectivity index (χ0v) is 13.8. The molecule has 1 aliphatic heterocycles. The normalized spacial score (nSPS) is 23.5. The monoisotopic (exact) mass is 336 g/mol. The molecule has 5 heteroatoms. The van der Waals surface area contributed by atoms with Gasteiger partial charge in [-0.2, -0.15) is 0 Å². The van der Waals surface area contributed by atoms with Crippen LogP contribution in [0.25, 0.3) is 0 Å². The molecule has 5 nitrogen and oxygen atoms in total. The van der Waals surface area contributed by atoms with E-state index in [0.717, 1.165) is 28.9 Å². The Kier molecular flexibility index (Phi) is 3.81. The van der Waals surface area contributed by atoms with Crippen LogP contribution < -0.4 is 5.32 Å². The first-order valence-electron chi connectivity index (χ1n) is 8.57. The van der Waals surface area contributed by atoms with Crippen molar-refractivity contribution in [3.63, 3.8) is 0 Å². The summed E-state index contributed by atoms with van der Waals surface area (Å²) in [7, 11) is 0. The average molecular weight is 336 g/mol. The first-order valence-corrected chi connectivity index (χ1v) is 8.57. The molecule has 3 amide bonds. The van der Waals surface area contributed by atoms with Gasteiger partial charge < -0.3 is 10.4 Å². The van der Waals surface area contributed by atoms with Crippen LogP contribution in [0.15, 0.2) is 54.6 Å². The van der Waals surface area contributed by atoms with Crippen molar-refractivity contribution in [2.24, 2.45) is 0 Å². The number of aliphatic hydroxyl groups excluding tert-OH is 1. The largest absolute Gasteiger partial charge is 0.387 e. The Balaban J connectivity index is 1.63. The van der Waals surface area contributed by atoms with Crippen molar-refractivity contribution >= 4 is 11.9 Å². The second kappa shape index (κ2) is 6.01. The van der Waals surface area contributed by atoms with E-state index < -0.39 is 17.7 Å². The van der Waals surface area contributed by atoms with Crippen molar-refractivity contribution in [3.8, 4) is 0 Å². The van der Waals surface area contributed by atoms with Crippen LogP contribution >= 0.6 is 0 Å². The summed E-state index contributed by atoms with van der Waals surface area (Å²) in [5.74, 6) is -0.264. The molecule has 4 rings (SSSR count). The SMILES string of the molecule is O=C1N[C@@]2(CCCc3ccccc32)C(=O)N1C[C@H](O)c1ccccc1. The molecule has 0 aromatic heterocycles. The number of nitrogens with one attached hydrogen (secondary N) is 1. The van der Waals surface area contributed by atoms with Gasteiger partial charge in [0, 0.05) is 0 Å². The van der Waals surface area contributed by atoms with Crippen LogP contribution in [-0.2, 0) is 16.8 Å². The van der Waals surface area contributed by atoms with Gasteiger partial charge in [0.1, 0.15) is 5.54 Å². The lowest BCUT2D eigenvalue weighted by Crippen LogP contribution is -2.46. The van der Waals surface area contributed by atoms with Gasteiger partial charge in [-0.25, -0.2) is 4.79 Å². The van der Waals surface area contributed by atoms with E-state index in [0.29, 0.717) is 12.0 Å². The number of fused-ring (bicyclic) bond motifs is 2. The maximum absolute atomic E-state index is 13.2. The van der Waals surface area contributed by atoms with Crippen molar-refractivity contribution < 1.29 is 14.7 Å². The van der Waals surface area contributed by atoms with Gasteiger partial charge in [0.15, 0.2) is 0 Å². The predicted octanol–water partition coefficient (Wildman–Crippen LogP) is 2.50. The molecule has 1 aliphatic carbocycles. The minimum Gasteiger partial charge on any atom is -0.387 e. The van der Waals surface area contributed by atoms with Crippen molar-refractivity contribution in [1.29, 1.82) is 0 Å². The molecule has 1 heterocycles. The minimum atomic E-state index is -0.984. The van der Waals surface area contributed by atoms with E-state index in [-0.39, 0.29) is 12.5 Å². The molecular formula is C20H20N2O3. The van der Waals surface area contributed by atoms with Crippen LogP contribution in [0.1, 0.15) is 35.6 Å². The quantitative estimate of drug-likeness (QED) is 0.846. The molecule has 1 spiro atoms. The number of β-amino-alcohol motifs (C(OH)–C–C–N with tert-alkyl or cyclic N) is 1. The van der Waals surface area contributed by atoms with E-state index in [9.17, 15) is 14.7 Å². The maximum atomic E-state index is 13.2. The summed E-state index contributed by atoms with van der Waals surface area (Å²) in [5.41, 5.74) is 1.69. The third-order valence-electron chi connectivity index (χ3n) is 5.19. The van der Waals surface area contributed by atoms with Crippen molar-refractivity contribution in [2.45, 2.75) is 30.9 Å². The number of aliphatic hydroxyl groups is 1. The number of hydrogen-bond acceptors (Lipinski definition) is 3. The highest BCUT2D eigenvalue weighted by Crippen LogP contribution is 2.40. The van der Waals surface area contributed by atoms with E-state index in [1.54, 1.807) is 12.1 Å². The third-order valence-corrected chi connectivity index (χ3v) is 5.19. The molecule has 25 heavy (non-hydrogen) atoms. The number of aryl methyl sites for hydroxylation is 1. The highest BCUT2D eigenvalue weighted by Gasteiger charge is 2.54. The average Bonchev–Trinajstić information content (AvgIpc) is 2.88. The Labute approximate surface area is 146 Å². The van der Waals surface area contributed by atoms with Gasteiger partial charge >= 0.3 is 6.03 Å². The molecule has 2 aromatic rings. The fourth-order valence-electron chi connectivity index (χ4n) is 3.93. The Hall–Kier alpha value is -2.66. The van der Waals surface area contributed by atoms with Gasteiger partial charge in [0.2, 0.25) is 0 Å². The van der Waals surface area contributed by atoms with Gasteiger partial charge in [-0.3, -0.25) is 9.69 Å². The molecule has 0 unspecified atom stereocenters. The van der Waals surface area contributed by atoms with E-state index >= 15 is 0 Å². The summed E-state index contributed by atoms with van der Waals surface area (Å²) in [5, 5.41) is 13.3. The number of amides is 3. The first kappa shape index (κ1) is 15.8. The van der Waals surface area contributed by atoms with Crippen molar-refractivity contribution in [3.05, 3.63) is 71.3 Å². The molecule has 128 valence electrons. The number of rotatable bonds is 3. The predicted molar refractivity (Wildman–Crippen MR) is 92.7 cm³/mol. The van der Waals surface area contributed by atoms with Crippen LogP contribution in [0, 0.1) is 0 Å². The highest BCUT2D eigenvalue weighted by atomic mass is 16.3. The van der Waals surface area contributed by atoms with Gasteiger partial charge in [-0.15, -0.1) is 0 Å². The van der Waals surface area contributed by atoms with Crippen LogP contribution in [0.5, 0.6) is 0 Å². The number of carbonyl (C=O) groups excluding carboxylic acids is 2. The second-order valence-electron chi connectivity index (χ2n) is 6.69. The van der Waals surface area contributed by atoms with Crippen LogP contribution in [0.2, 0.25) is 0 Å². The summed E-state index contributed by atoms with van der Waals surface area (Å²) >= 11 is 0. The molecular weight excluding hydrogens is 316 g/mol. The van der Waals surface area contributed by atoms with Gasteiger partial charge in [-0.1, -0.05) is 54.6 Å². The zero-order chi connectivity index (χ0) is 17.4. The van der Waals surface area contributed by atoms with E-state index in [1.807, 2.05) is 42.5 Å². The second-order valence-corrected chi connectivity index (χ2v) is 6.69. The standard InChI is InChI=1S/C20H20N2O3/c23-17(15-8-2-1-3-9-15)13-22-18(24)20(21-19(22)25)12-6-10-14-7-4-5-11-16(14)20/h1-5,7-9,11,17,23H,6,10,12-13H2,(H,21,25)/t17-,20+/m0/s1. The lowest BCUT2D eigenvalue weighted by atomic mass is 9.76. The van der Waals surface area contributed by atoms with Crippen molar-refractivity contribution in [2.75, 3.05) is 6.54 Å². The molecule has 1 saturated heterocycles. The number of benzene rings is 2. The molecule has 0 bridgehead atoms. The molecule has 1 fully saturated rings.